The average Bonchev–Trinajstić information content (AvgIpc) is 2.86. The summed E-state index contributed by atoms with van der Waals surface area (Å²) in [7, 11) is 0. The van der Waals surface area contributed by atoms with Crippen molar-refractivity contribution < 1.29 is 14.3 Å². The van der Waals surface area contributed by atoms with Gasteiger partial charge in [0.2, 0.25) is 5.91 Å². The van der Waals surface area contributed by atoms with Crippen molar-refractivity contribution in [3.05, 3.63) is 56.0 Å². The van der Waals surface area contributed by atoms with E-state index in [0.717, 1.165) is 0 Å². The Labute approximate surface area is 176 Å². The summed E-state index contributed by atoms with van der Waals surface area (Å²) in [4.78, 5) is 25.8. The summed E-state index contributed by atoms with van der Waals surface area (Å²) in [6.45, 7) is 1.68. The van der Waals surface area contributed by atoms with E-state index in [2.05, 4.69) is 5.32 Å². The van der Waals surface area contributed by atoms with Crippen LogP contribution in [0.1, 0.15) is 18.5 Å². The van der Waals surface area contributed by atoms with Crippen molar-refractivity contribution >= 4 is 63.9 Å². The molecule has 0 aliphatic carbocycles. The van der Waals surface area contributed by atoms with Crippen LogP contribution >= 0.6 is 46.4 Å². The van der Waals surface area contributed by atoms with E-state index in [4.69, 9.17) is 51.1 Å². The predicted molar refractivity (Wildman–Crippen MR) is 107 cm³/mol. The number of benzene rings is 2. The number of fused-ring (bicyclic) bond motifs is 1. The third-order valence-corrected chi connectivity index (χ3v) is 5.17. The van der Waals surface area contributed by atoms with Crippen molar-refractivity contribution in [1.29, 1.82) is 0 Å². The van der Waals surface area contributed by atoms with Crippen LogP contribution in [-0.4, -0.2) is 25.0 Å². The first-order valence-corrected chi connectivity index (χ1v) is 9.45. The highest BCUT2D eigenvalue weighted by atomic mass is 35.5. The zero-order valence-corrected chi connectivity index (χ0v) is 17.1. The molecule has 2 amide bonds. The maximum Gasteiger partial charge on any atom is 0.254 e. The van der Waals surface area contributed by atoms with Gasteiger partial charge in [-0.2, -0.15) is 0 Å². The smallest absolute Gasteiger partial charge is 0.254 e. The van der Waals surface area contributed by atoms with Gasteiger partial charge in [-0.15, -0.1) is 0 Å². The Morgan fingerprint density at radius 1 is 1.11 bits per heavy atom. The van der Waals surface area contributed by atoms with E-state index in [1.165, 1.54) is 11.8 Å². The molecule has 0 saturated carbocycles. The summed E-state index contributed by atoms with van der Waals surface area (Å²) < 4.78 is 5.66. The molecule has 0 bridgehead atoms. The fraction of sp³-hybridized carbons (Fsp3) is 0.222. The highest BCUT2D eigenvalue weighted by Gasteiger charge is 2.40. The van der Waals surface area contributed by atoms with Gasteiger partial charge in [0, 0.05) is 22.5 Å². The van der Waals surface area contributed by atoms with Crippen LogP contribution in [0.25, 0.3) is 0 Å². The normalized spacial score (nSPS) is 15.7. The molecule has 1 heterocycles. The molecule has 1 atom stereocenters. The standard InChI is InChI=1S/C18H14Cl4N2O3/c1-9(25)23-16-15-11(20)3-4-12(21)17(15)24(18(16)26)6-7-27-14-5-2-10(19)8-13(14)22/h2-5,8,16H,6-7H2,1H3,(H,23,25). The van der Waals surface area contributed by atoms with Gasteiger partial charge in [-0.1, -0.05) is 46.4 Å². The summed E-state index contributed by atoms with van der Waals surface area (Å²) >= 11 is 24.5. The molecule has 2 aromatic carbocycles. The second kappa shape index (κ2) is 8.15. The maximum absolute atomic E-state index is 12.9. The number of nitrogens with zero attached hydrogens (tertiary/aromatic N) is 1. The third kappa shape index (κ3) is 4.11. The van der Waals surface area contributed by atoms with Gasteiger partial charge in [0.05, 0.1) is 22.3 Å². The Hall–Kier alpha value is -1.66. The van der Waals surface area contributed by atoms with Gasteiger partial charge < -0.3 is 15.0 Å². The van der Waals surface area contributed by atoms with Gasteiger partial charge in [0.25, 0.3) is 5.91 Å². The summed E-state index contributed by atoms with van der Waals surface area (Å²) in [6, 6.07) is 7.19. The maximum atomic E-state index is 12.9. The number of carbonyl (C=O) groups excluding carboxylic acids is 2. The minimum atomic E-state index is -0.886. The Kier molecular flexibility index (Phi) is 6.06. The Morgan fingerprint density at radius 2 is 1.81 bits per heavy atom. The van der Waals surface area contributed by atoms with E-state index in [-0.39, 0.29) is 25.0 Å². The van der Waals surface area contributed by atoms with E-state index in [9.17, 15) is 9.59 Å². The molecule has 5 nitrogen and oxygen atoms in total. The summed E-state index contributed by atoms with van der Waals surface area (Å²) in [6.07, 6.45) is 0. The van der Waals surface area contributed by atoms with Crippen LogP contribution in [0.3, 0.4) is 0 Å². The summed E-state index contributed by atoms with van der Waals surface area (Å²) in [5, 5.41) is 4.20. The van der Waals surface area contributed by atoms with Crippen LogP contribution in [0.2, 0.25) is 20.1 Å². The molecule has 0 spiro atoms. The molecule has 0 radical (unpaired) electrons. The average molecular weight is 448 g/mol. The number of hydrogen-bond donors (Lipinski definition) is 1. The lowest BCUT2D eigenvalue weighted by Gasteiger charge is -2.19. The number of hydrogen-bond acceptors (Lipinski definition) is 3. The quantitative estimate of drug-likeness (QED) is 0.708. The topological polar surface area (TPSA) is 58.6 Å². The van der Waals surface area contributed by atoms with Crippen molar-refractivity contribution in [1.82, 2.24) is 5.32 Å². The Balaban J connectivity index is 1.82. The second-order valence-electron chi connectivity index (χ2n) is 5.84. The zero-order chi connectivity index (χ0) is 19.7. The number of rotatable bonds is 5. The molecule has 3 rings (SSSR count). The lowest BCUT2D eigenvalue weighted by molar-refractivity contribution is -0.126. The Bertz CT molecular complexity index is 920. The first-order valence-electron chi connectivity index (χ1n) is 7.94. The highest BCUT2D eigenvalue weighted by Crippen LogP contribution is 2.44. The van der Waals surface area contributed by atoms with Crippen LogP contribution in [0.5, 0.6) is 5.75 Å². The van der Waals surface area contributed by atoms with E-state index < -0.39 is 6.04 Å². The summed E-state index contributed by atoms with van der Waals surface area (Å²) in [5.74, 6) is -0.231. The highest BCUT2D eigenvalue weighted by molar-refractivity contribution is 6.38. The van der Waals surface area contributed by atoms with Crippen LogP contribution in [0.4, 0.5) is 5.69 Å². The van der Waals surface area contributed by atoms with E-state index in [0.29, 0.717) is 37.1 Å². The molecule has 1 aliphatic heterocycles. The van der Waals surface area contributed by atoms with Crippen molar-refractivity contribution in [2.24, 2.45) is 0 Å². The van der Waals surface area contributed by atoms with Gasteiger partial charge in [-0.25, -0.2) is 0 Å². The molecular weight excluding hydrogens is 434 g/mol. The molecular formula is C18H14Cl4N2O3. The van der Waals surface area contributed by atoms with Crippen molar-refractivity contribution in [3.8, 4) is 5.75 Å². The zero-order valence-electron chi connectivity index (χ0n) is 14.1. The molecule has 0 aromatic heterocycles. The van der Waals surface area contributed by atoms with Crippen LogP contribution in [0.15, 0.2) is 30.3 Å². The van der Waals surface area contributed by atoms with E-state index >= 15 is 0 Å². The number of anilines is 1. The molecule has 2 aromatic rings. The third-order valence-electron chi connectivity index (χ3n) is 4.00. The predicted octanol–water partition coefficient (Wildman–Crippen LogP) is 4.90. The molecule has 0 fully saturated rings. The SMILES string of the molecule is CC(=O)NC1C(=O)N(CCOc2ccc(Cl)cc2Cl)c2c(Cl)ccc(Cl)c21. The minimum Gasteiger partial charge on any atom is -0.490 e. The lowest BCUT2D eigenvalue weighted by atomic mass is 10.1. The van der Waals surface area contributed by atoms with Crippen molar-refractivity contribution in [3.63, 3.8) is 0 Å². The van der Waals surface area contributed by atoms with Crippen molar-refractivity contribution in [2.75, 3.05) is 18.1 Å². The first kappa shape index (κ1) is 20.1. The number of carbonyl (C=O) groups is 2. The number of ether oxygens (including phenoxy) is 1. The van der Waals surface area contributed by atoms with Crippen LogP contribution in [0, 0.1) is 0 Å². The molecule has 1 N–H and O–H groups in total. The second-order valence-corrected chi connectivity index (χ2v) is 7.50. The Morgan fingerprint density at radius 3 is 2.48 bits per heavy atom. The molecule has 0 saturated heterocycles. The molecule has 1 aliphatic rings. The van der Waals surface area contributed by atoms with Crippen molar-refractivity contribution in [2.45, 2.75) is 13.0 Å². The molecule has 9 heteroatoms. The van der Waals surface area contributed by atoms with E-state index in [1.807, 2.05) is 0 Å². The van der Waals surface area contributed by atoms with Gasteiger partial charge in [-0.05, 0) is 30.3 Å². The molecule has 142 valence electrons. The van der Waals surface area contributed by atoms with Crippen LogP contribution in [-0.2, 0) is 9.59 Å². The minimum absolute atomic E-state index is 0.155. The molecule has 1 unspecified atom stereocenters. The van der Waals surface area contributed by atoms with Crippen LogP contribution < -0.4 is 15.0 Å². The molecule has 27 heavy (non-hydrogen) atoms. The fourth-order valence-corrected chi connectivity index (χ4v) is 3.89. The summed E-state index contributed by atoms with van der Waals surface area (Å²) in [5.41, 5.74) is 0.951. The number of nitrogens with one attached hydrogen (secondary N) is 1. The van der Waals surface area contributed by atoms with E-state index in [1.54, 1.807) is 30.3 Å². The number of amides is 2. The number of halogens is 4. The largest absolute Gasteiger partial charge is 0.490 e. The first-order chi connectivity index (χ1) is 12.8. The van der Waals surface area contributed by atoms with Gasteiger partial charge in [0.1, 0.15) is 18.4 Å². The monoisotopic (exact) mass is 446 g/mol. The fourth-order valence-electron chi connectivity index (χ4n) is 2.89. The van der Waals surface area contributed by atoms with Gasteiger partial charge >= 0.3 is 0 Å². The lowest BCUT2D eigenvalue weighted by Crippen LogP contribution is -2.38. The van der Waals surface area contributed by atoms with Gasteiger partial charge in [-0.3, -0.25) is 9.59 Å². The van der Waals surface area contributed by atoms with Gasteiger partial charge in [0.15, 0.2) is 0 Å².